The summed E-state index contributed by atoms with van der Waals surface area (Å²) in [6.07, 6.45) is 5.58. The predicted octanol–water partition coefficient (Wildman–Crippen LogP) is 7.41. The van der Waals surface area contributed by atoms with Gasteiger partial charge in [-0.3, -0.25) is 9.88 Å². The minimum Gasteiger partial charge on any atom is -0.360 e. The van der Waals surface area contributed by atoms with E-state index in [0.29, 0.717) is 12.0 Å². The quantitative estimate of drug-likeness (QED) is 0.326. The molecule has 1 N–H and O–H groups in total. The van der Waals surface area contributed by atoms with Crippen molar-refractivity contribution in [3.05, 3.63) is 108 Å². The van der Waals surface area contributed by atoms with E-state index in [9.17, 15) is 13.2 Å². The van der Waals surface area contributed by atoms with Gasteiger partial charge in [0.1, 0.15) is 0 Å². The molecule has 3 nitrogen and oxygen atoms in total. The lowest BCUT2D eigenvalue weighted by Gasteiger charge is -2.28. The Bertz CT molecular complexity index is 1370. The van der Waals surface area contributed by atoms with Gasteiger partial charge in [-0.25, -0.2) is 0 Å². The van der Waals surface area contributed by atoms with Crippen LogP contribution in [-0.4, -0.2) is 34.0 Å². The monoisotopic (exact) mass is 485 g/mol. The molecule has 1 fully saturated rings. The van der Waals surface area contributed by atoms with Crippen LogP contribution in [0.25, 0.3) is 28.0 Å². The molecule has 36 heavy (non-hydrogen) atoms. The van der Waals surface area contributed by atoms with Crippen molar-refractivity contribution in [3.8, 4) is 22.4 Å². The highest BCUT2D eigenvalue weighted by Crippen LogP contribution is 2.43. The largest absolute Gasteiger partial charge is 0.416 e. The Morgan fingerprint density at radius 2 is 1.64 bits per heavy atom. The van der Waals surface area contributed by atoms with Gasteiger partial charge in [0.2, 0.25) is 0 Å². The summed E-state index contributed by atoms with van der Waals surface area (Å²) in [5.41, 5.74) is 6.69. The van der Waals surface area contributed by atoms with Gasteiger partial charge in [0.25, 0.3) is 0 Å². The van der Waals surface area contributed by atoms with E-state index in [-0.39, 0.29) is 0 Å². The van der Waals surface area contributed by atoms with E-state index in [1.165, 1.54) is 11.1 Å². The molecule has 2 aromatic heterocycles. The first-order chi connectivity index (χ1) is 17.5. The Balaban J connectivity index is 1.37. The lowest BCUT2D eigenvalue weighted by molar-refractivity contribution is -0.137. The molecule has 2 unspecified atom stereocenters. The third kappa shape index (κ3) is 4.26. The molecule has 0 saturated carbocycles. The second kappa shape index (κ2) is 9.10. The number of hydrogen-bond acceptors (Lipinski definition) is 2. The van der Waals surface area contributed by atoms with E-state index < -0.39 is 11.7 Å². The number of nitrogens with one attached hydrogen (secondary N) is 1. The molecule has 4 aromatic rings. The van der Waals surface area contributed by atoms with Gasteiger partial charge in [-0.1, -0.05) is 48.5 Å². The van der Waals surface area contributed by atoms with Gasteiger partial charge in [0, 0.05) is 48.8 Å². The number of halogens is 3. The fourth-order valence-electron chi connectivity index (χ4n) is 5.68. The zero-order valence-electron chi connectivity index (χ0n) is 19.7. The van der Waals surface area contributed by atoms with Crippen molar-refractivity contribution in [2.24, 2.45) is 0 Å². The molecular weight excluding hydrogens is 459 g/mol. The van der Waals surface area contributed by atoms with Crippen LogP contribution in [0.5, 0.6) is 0 Å². The molecule has 0 radical (unpaired) electrons. The maximum atomic E-state index is 13.1. The summed E-state index contributed by atoms with van der Waals surface area (Å²) in [5, 5.41) is 0. The molecule has 182 valence electrons. The second-order valence-electron chi connectivity index (χ2n) is 9.61. The van der Waals surface area contributed by atoms with E-state index in [0.717, 1.165) is 66.0 Å². The lowest BCUT2D eigenvalue weighted by atomic mass is 9.90. The summed E-state index contributed by atoms with van der Waals surface area (Å²) in [4.78, 5) is 10.1. The molecule has 0 amide bonds. The van der Waals surface area contributed by atoms with Crippen molar-refractivity contribution in [2.45, 2.75) is 31.0 Å². The van der Waals surface area contributed by atoms with Crippen LogP contribution in [0.1, 0.15) is 35.4 Å². The van der Waals surface area contributed by atoms with E-state index in [1.54, 1.807) is 24.5 Å². The number of H-pyrrole nitrogens is 1. The first kappa shape index (κ1) is 22.8. The Labute approximate surface area is 208 Å². The highest BCUT2D eigenvalue weighted by Gasteiger charge is 2.35. The van der Waals surface area contributed by atoms with E-state index in [2.05, 4.69) is 51.3 Å². The number of rotatable bonds is 4. The van der Waals surface area contributed by atoms with Crippen LogP contribution >= 0.6 is 0 Å². The smallest absolute Gasteiger partial charge is 0.360 e. The van der Waals surface area contributed by atoms with Crippen LogP contribution < -0.4 is 0 Å². The molecule has 6 rings (SSSR count). The van der Waals surface area contributed by atoms with Crippen LogP contribution in [0.2, 0.25) is 0 Å². The minimum atomic E-state index is -4.36. The Morgan fingerprint density at radius 1 is 0.889 bits per heavy atom. The molecular formula is C30H26F3N3. The van der Waals surface area contributed by atoms with Gasteiger partial charge in [0.15, 0.2) is 0 Å². The maximum absolute atomic E-state index is 13.1. The normalized spacial score (nSPS) is 20.2. The number of alkyl halides is 3. The summed E-state index contributed by atoms with van der Waals surface area (Å²) in [6, 6.07) is 20.4. The Hall–Kier alpha value is -3.64. The van der Waals surface area contributed by atoms with Crippen LogP contribution in [0.3, 0.4) is 0 Å². The number of aromatic nitrogens is 2. The van der Waals surface area contributed by atoms with Gasteiger partial charge >= 0.3 is 6.18 Å². The summed E-state index contributed by atoms with van der Waals surface area (Å²) in [6.45, 7) is 2.07. The van der Waals surface area contributed by atoms with Crippen molar-refractivity contribution in [1.29, 1.82) is 0 Å². The third-order valence-corrected chi connectivity index (χ3v) is 7.48. The standard InChI is InChI=1S/C30H26F3N3/c31-30(32,33)25-8-6-22(7-9-25)29-28(21-10-13-34-14-11-21)27(18-35-29)23-12-15-36-19-24(17-26(36)16-23)20-4-2-1-3-5-20/h1-11,13-14,16,18,24,26,35H,12,15,17,19H2. The number of pyridine rings is 1. The Morgan fingerprint density at radius 3 is 2.36 bits per heavy atom. The van der Waals surface area contributed by atoms with E-state index in [1.807, 2.05) is 18.3 Å². The van der Waals surface area contributed by atoms with Gasteiger partial charge in [-0.15, -0.1) is 0 Å². The Kier molecular flexibility index (Phi) is 5.76. The number of benzene rings is 2. The molecule has 0 spiro atoms. The maximum Gasteiger partial charge on any atom is 0.416 e. The van der Waals surface area contributed by atoms with Crippen molar-refractivity contribution in [1.82, 2.24) is 14.9 Å². The molecule has 2 atom stereocenters. The molecule has 0 aliphatic carbocycles. The average Bonchev–Trinajstić information content (AvgIpc) is 3.54. The molecule has 2 aromatic carbocycles. The zero-order valence-corrected chi connectivity index (χ0v) is 19.7. The fourth-order valence-corrected chi connectivity index (χ4v) is 5.68. The van der Waals surface area contributed by atoms with E-state index >= 15 is 0 Å². The molecule has 2 aliphatic rings. The predicted molar refractivity (Wildman–Crippen MR) is 136 cm³/mol. The average molecular weight is 486 g/mol. The van der Waals surface area contributed by atoms with Gasteiger partial charge in [-0.05, 0) is 65.3 Å². The van der Waals surface area contributed by atoms with Gasteiger partial charge in [-0.2, -0.15) is 13.2 Å². The summed E-state index contributed by atoms with van der Waals surface area (Å²) in [7, 11) is 0. The minimum absolute atomic E-state index is 0.383. The number of nitrogens with zero attached hydrogens (tertiary/aromatic N) is 2. The summed E-state index contributed by atoms with van der Waals surface area (Å²) in [5.74, 6) is 0.528. The third-order valence-electron chi connectivity index (χ3n) is 7.48. The molecule has 4 heterocycles. The van der Waals surface area contributed by atoms with Crippen LogP contribution in [-0.2, 0) is 6.18 Å². The van der Waals surface area contributed by atoms with Crippen molar-refractivity contribution >= 4 is 5.57 Å². The first-order valence-corrected chi connectivity index (χ1v) is 12.3. The molecule has 0 bridgehead atoms. The van der Waals surface area contributed by atoms with Crippen LogP contribution in [0, 0.1) is 0 Å². The summed E-state index contributed by atoms with van der Waals surface area (Å²) >= 11 is 0. The van der Waals surface area contributed by atoms with Crippen LogP contribution in [0.4, 0.5) is 13.2 Å². The van der Waals surface area contributed by atoms with Gasteiger partial charge in [0.05, 0.1) is 11.3 Å². The molecule has 2 aliphatic heterocycles. The second-order valence-corrected chi connectivity index (χ2v) is 9.61. The van der Waals surface area contributed by atoms with Crippen molar-refractivity contribution in [3.63, 3.8) is 0 Å². The molecule has 6 heteroatoms. The first-order valence-electron chi connectivity index (χ1n) is 12.3. The molecule has 1 saturated heterocycles. The van der Waals surface area contributed by atoms with Crippen molar-refractivity contribution < 1.29 is 13.2 Å². The SMILES string of the molecule is FC(F)(F)c1ccc(-c2[nH]cc(C3=CC4CC(c5ccccc5)CN4CC3)c2-c2ccncc2)cc1. The van der Waals surface area contributed by atoms with Gasteiger partial charge < -0.3 is 4.98 Å². The highest BCUT2D eigenvalue weighted by molar-refractivity contribution is 5.91. The van der Waals surface area contributed by atoms with E-state index in [4.69, 9.17) is 0 Å². The number of hydrogen-bond donors (Lipinski definition) is 1. The van der Waals surface area contributed by atoms with Crippen molar-refractivity contribution in [2.75, 3.05) is 13.1 Å². The number of aromatic amines is 1. The zero-order chi connectivity index (χ0) is 24.7. The number of fused-ring (bicyclic) bond motifs is 1. The lowest BCUT2D eigenvalue weighted by Crippen LogP contribution is -2.32. The summed E-state index contributed by atoms with van der Waals surface area (Å²) < 4.78 is 39.4. The fraction of sp³-hybridized carbons (Fsp3) is 0.233. The highest BCUT2D eigenvalue weighted by atomic mass is 19.4. The van der Waals surface area contributed by atoms with Crippen LogP contribution in [0.15, 0.2) is 91.4 Å². The topological polar surface area (TPSA) is 31.9 Å².